The van der Waals surface area contributed by atoms with E-state index in [4.69, 9.17) is 0 Å². The van der Waals surface area contributed by atoms with Crippen LogP contribution in [0.5, 0.6) is 0 Å². The van der Waals surface area contributed by atoms with Gasteiger partial charge in [0.15, 0.2) is 0 Å². The molecule has 1 aromatic rings. The average Bonchev–Trinajstić information content (AvgIpc) is 3.11. The van der Waals surface area contributed by atoms with Gasteiger partial charge in [-0.05, 0) is 52.9 Å². The third-order valence-corrected chi connectivity index (χ3v) is 3.64. The van der Waals surface area contributed by atoms with E-state index in [9.17, 15) is 9.18 Å². The molecule has 1 N–H and O–H groups in total. The molecule has 1 fully saturated rings. The van der Waals surface area contributed by atoms with Crippen LogP contribution in [0.3, 0.4) is 0 Å². The van der Waals surface area contributed by atoms with Crippen LogP contribution in [0.2, 0.25) is 0 Å². The Hall–Kier alpha value is -0.900. The van der Waals surface area contributed by atoms with Crippen LogP contribution in [0.4, 0.5) is 4.39 Å². The van der Waals surface area contributed by atoms with Crippen LogP contribution in [-0.2, 0) is 0 Å². The number of rotatable bonds is 5. The number of halogens is 2. The van der Waals surface area contributed by atoms with E-state index in [1.54, 1.807) is 6.07 Å². The van der Waals surface area contributed by atoms with Crippen molar-refractivity contribution in [3.63, 3.8) is 0 Å². The van der Waals surface area contributed by atoms with Crippen molar-refractivity contribution in [1.82, 2.24) is 5.32 Å². The lowest BCUT2D eigenvalue weighted by molar-refractivity contribution is 0.0951. The predicted octanol–water partition coefficient (Wildman–Crippen LogP) is 3.51. The van der Waals surface area contributed by atoms with Crippen LogP contribution in [0, 0.1) is 11.7 Å². The SMILES string of the molecule is O=C(NCCCC1CC1)c1cc(F)ccc1Br. The van der Waals surface area contributed by atoms with Gasteiger partial charge in [0.1, 0.15) is 5.82 Å². The highest BCUT2D eigenvalue weighted by Gasteiger charge is 2.20. The molecule has 0 unspecified atom stereocenters. The summed E-state index contributed by atoms with van der Waals surface area (Å²) in [6.45, 7) is 0.665. The third-order valence-electron chi connectivity index (χ3n) is 2.94. The number of nitrogens with one attached hydrogen (secondary N) is 1. The van der Waals surface area contributed by atoms with E-state index >= 15 is 0 Å². The van der Waals surface area contributed by atoms with E-state index in [1.165, 1.54) is 31.4 Å². The van der Waals surface area contributed by atoms with Gasteiger partial charge in [-0.25, -0.2) is 4.39 Å². The van der Waals surface area contributed by atoms with Crippen LogP contribution < -0.4 is 5.32 Å². The molecule has 0 aromatic heterocycles. The molecule has 1 saturated carbocycles. The second-order valence-corrected chi connectivity index (χ2v) is 5.32. The maximum Gasteiger partial charge on any atom is 0.252 e. The van der Waals surface area contributed by atoms with Crippen molar-refractivity contribution in [2.45, 2.75) is 25.7 Å². The fourth-order valence-electron chi connectivity index (χ4n) is 1.77. The van der Waals surface area contributed by atoms with Gasteiger partial charge in [0.2, 0.25) is 0 Å². The molecule has 2 rings (SSSR count). The molecule has 0 radical (unpaired) electrons. The lowest BCUT2D eigenvalue weighted by Gasteiger charge is -2.06. The van der Waals surface area contributed by atoms with Crippen LogP contribution in [0.1, 0.15) is 36.0 Å². The van der Waals surface area contributed by atoms with Gasteiger partial charge in [0.05, 0.1) is 5.56 Å². The molecule has 1 aromatic carbocycles. The van der Waals surface area contributed by atoms with E-state index in [1.807, 2.05) is 0 Å². The van der Waals surface area contributed by atoms with Gasteiger partial charge in [-0.3, -0.25) is 4.79 Å². The van der Waals surface area contributed by atoms with Gasteiger partial charge in [0, 0.05) is 11.0 Å². The van der Waals surface area contributed by atoms with Crippen molar-refractivity contribution in [3.8, 4) is 0 Å². The van der Waals surface area contributed by atoms with Crippen LogP contribution in [0.15, 0.2) is 22.7 Å². The highest BCUT2D eigenvalue weighted by Crippen LogP contribution is 2.33. The Kier molecular flexibility index (Phi) is 4.15. The smallest absolute Gasteiger partial charge is 0.252 e. The van der Waals surface area contributed by atoms with Gasteiger partial charge in [-0.2, -0.15) is 0 Å². The van der Waals surface area contributed by atoms with Crippen LogP contribution in [-0.4, -0.2) is 12.5 Å². The summed E-state index contributed by atoms with van der Waals surface area (Å²) >= 11 is 3.25. The summed E-state index contributed by atoms with van der Waals surface area (Å²) in [7, 11) is 0. The standard InChI is InChI=1S/C13H15BrFNO/c14-12-6-5-10(15)8-11(12)13(17)16-7-1-2-9-3-4-9/h5-6,8-9H,1-4,7H2,(H,16,17). The van der Waals surface area contributed by atoms with Crippen molar-refractivity contribution in [2.75, 3.05) is 6.54 Å². The number of benzene rings is 1. The summed E-state index contributed by atoms with van der Waals surface area (Å²) in [6, 6.07) is 4.13. The topological polar surface area (TPSA) is 29.1 Å². The predicted molar refractivity (Wildman–Crippen MR) is 68.4 cm³/mol. The quantitative estimate of drug-likeness (QED) is 0.828. The van der Waals surface area contributed by atoms with Crippen LogP contribution in [0.25, 0.3) is 0 Å². The first-order chi connectivity index (χ1) is 8.16. The van der Waals surface area contributed by atoms with Gasteiger partial charge < -0.3 is 5.32 Å². The zero-order valence-electron chi connectivity index (χ0n) is 9.51. The molecule has 4 heteroatoms. The molecular weight excluding hydrogens is 285 g/mol. The Morgan fingerprint density at radius 1 is 1.47 bits per heavy atom. The van der Waals surface area contributed by atoms with Crippen molar-refractivity contribution in [2.24, 2.45) is 5.92 Å². The van der Waals surface area contributed by atoms with Crippen molar-refractivity contribution >= 4 is 21.8 Å². The highest BCUT2D eigenvalue weighted by atomic mass is 79.9. The molecule has 17 heavy (non-hydrogen) atoms. The molecule has 1 amide bonds. The second kappa shape index (κ2) is 5.63. The number of amides is 1. The Balaban J connectivity index is 1.82. The molecule has 0 atom stereocenters. The molecule has 1 aliphatic rings. The minimum absolute atomic E-state index is 0.216. The van der Waals surface area contributed by atoms with Gasteiger partial charge >= 0.3 is 0 Å². The van der Waals surface area contributed by atoms with Gasteiger partial charge in [0.25, 0.3) is 5.91 Å². The lowest BCUT2D eigenvalue weighted by atomic mass is 10.2. The summed E-state index contributed by atoms with van der Waals surface area (Å²) in [4.78, 5) is 11.8. The number of hydrogen-bond donors (Lipinski definition) is 1. The minimum Gasteiger partial charge on any atom is -0.352 e. The number of carbonyl (C=O) groups is 1. The summed E-state index contributed by atoms with van der Waals surface area (Å²) in [5.41, 5.74) is 0.358. The maximum atomic E-state index is 13.0. The zero-order chi connectivity index (χ0) is 12.3. The summed E-state index contributed by atoms with van der Waals surface area (Å²) in [6.07, 6.45) is 4.86. The van der Waals surface area contributed by atoms with E-state index in [-0.39, 0.29) is 5.91 Å². The van der Waals surface area contributed by atoms with Crippen molar-refractivity contribution < 1.29 is 9.18 Å². The first-order valence-corrected chi connectivity index (χ1v) is 6.69. The molecule has 0 bridgehead atoms. The average molecular weight is 300 g/mol. The van der Waals surface area contributed by atoms with Gasteiger partial charge in [-0.1, -0.05) is 12.8 Å². The zero-order valence-corrected chi connectivity index (χ0v) is 11.1. The molecule has 1 aliphatic carbocycles. The normalized spacial score (nSPS) is 14.7. The van der Waals surface area contributed by atoms with Gasteiger partial charge in [-0.15, -0.1) is 0 Å². The molecule has 0 heterocycles. The Bertz CT molecular complexity index is 418. The van der Waals surface area contributed by atoms with E-state index < -0.39 is 5.82 Å². The fourth-order valence-corrected chi connectivity index (χ4v) is 2.19. The van der Waals surface area contributed by atoms with E-state index in [0.29, 0.717) is 16.6 Å². The van der Waals surface area contributed by atoms with Crippen molar-refractivity contribution in [3.05, 3.63) is 34.1 Å². The fraction of sp³-hybridized carbons (Fsp3) is 0.462. The first-order valence-electron chi connectivity index (χ1n) is 5.90. The lowest BCUT2D eigenvalue weighted by Crippen LogP contribution is -2.25. The molecule has 0 saturated heterocycles. The Labute approximate surface area is 109 Å². The molecular formula is C13H15BrFNO. The molecule has 92 valence electrons. The summed E-state index contributed by atoms with van der Waals surface area (Å²) in [5.74, 6) is 0.274. The molecule has 2 nitrogen and oxygen atoms in total. The van der Waals surface area contributed by atoms with Crippen LogP contribution >= 0.6 is 15.9 Å². The first kappa shape index (κ1) is 12.6. The highest BCUT2D eigenvalue weighted by molar-refractivity contribution is 9.10. The summed E-state index contributed by atoms with van der Waals surface area (Å²) in [5, 5.41) is 2.81. The Morgan fingerprint density at radius 2 is 2.24 bits per heavy atom. The van der Waals surface area contributed by atoms with E-state index in [0.717, 1.165) is 12.3 Å². The third kappa shape index (κ3) is 3.80. The molecule has 0 spiro atoms. The Morgan fingerprint density at radius 3 is 2.94 bits per heavy atom. The molecule has 0 aliphatic heterocycles. The van der Waals surface area contributed by atoms with E-state index in [2.05, 4.69) is 21.2 Å². The largest absolute Gasteiger partial charge is 0.352 e. The minimum atomic E-state index is -0.392. The van der Waals surface area contributed by atoms with Crippen molar-refractivity contribution in [1.29, 1.82) is 0 Å². The number of carbonyl (C=O) groups excluding carboxylic acids is 1. The monoisotopic (exact) mass is 299 g/mol. The second-order valence-electron chi connectivity index (χ2n) is 4.47. The number of hydrogen-bond acceptors (Lipinski definition) is 1. The maximum absolute atomic E-state index is 13.0. The summed E-state index contributed by atoms with van der Waals surface area (Å²) < 4.78 is 13.6.